The van der Waals surface area contributed by atoms with E-state index in [1.807, 2.05) is 25.2 Å². The van der Waals surface area contributed by atoms with Crippen LogP contribution in [0.4, 0.5) is 0 Å². The summed E-state index contributed by atoms with van der Waals surface area (Å²) in [4.78, 5) is 0. The molecule has 12 heavy (non-hydrogen) atoms. The zero-order valence-corrected chi connectivity index (χ0v) is 7.33. The zero-order chi connectivity index (χ0) is 9.40. The molecule has 0 radical (unpaired) electrons. The third kappa shape index (κ3) is 5.35. The van der Waals surface area contributed by atoms with Gasteiger partial charge in [0.1, 0.15) is 5.76 Å². The van der Waals surface area contributed by atoms with Gasteiger partial charge in [-0.3, -0.25) is 0 Å². The molecule has 0 heterocycles. The van der Waals surface area contributed by atoms with E-state index in [0.29, 0.717) is 0 Å². The molecule has 2 heteroatoms. The lowest BCUT2D eigenvalue weighted by Crippen LogP contribution is -1.80. The summed E-state index contributed by atoms with van der Waals surface area (Å²) in [6.45, 7) is 5.27. The average Bonchev–Trinajstić information content (AvgIpc) is 2.02. The van der Waals surface area contributed by atoms with Crippen molar-refractivity contribution in [1.29, 1.82) is 0 Å². The Morgan fingerprint density at radius 3 is 2.58 bits per heavy atom. The Labute approximate surface area is 73.4 Å². The summed E-state index contributed by atoms with van der Waals surface area (Å²) in [5.74, 6) is 0.0715. The van der Waals surface area contributed by atoms with Gasteiger partial charge in [0.15, 0.2) is 0 Å². The number of hydrogen-bond acceptors (Lipinski definition) is 2. The first kappa shape index (κ1) is 10.6. The number of nitrogens with two attached hydrogens (primary N) is 1. The minimum Gasteiger partial charge on any atom is -0.509 e. The van der Waals surface area contributed by atoms with Gasteiger partial charge in [0.05, 0.1) is 0 Å². The monoisotopic (exact) mass is 165 g/mol. The van der Waals surface area contributed by atoms with Crippen LogP contribution in [-0.2, 0) is 0 Å². The molecule has 0 bridgehead atoms. The largest absolute Gasteiger partial charge is 0.509 e. The van der Waals surface area contributed by atoms with Gasteiger partial charge < -0.3 is 10.8 Å². The van der Waals surface area contributed by atoms with Crippen LogP contribution in [0.2, 0.25) is 0 Å². The van der Waals surface area contributed by atoms with E-state index >= 15 is 0 Å². The highest BCUT2D eigenvalue weighted by Gasteiger charge is 1.85. The Balaban J connectivity index is 3.98. The molecule has 0 aromatic carbocycles. The van der Waals surface area contributed by atoms with Gasteiger partial charge in [0.25, 0.3) is 0 Å². The molecule has 0 aliphatic heterocycles. The molecule has 0 aliphatic carbocycles. The first-order valence-corrected chi connectivity index (χ1v) is 3.78. The normalized spacial score (nSPS) is 12.9. The fourth-order valence-corrected chi connectivity index (χ4v) is 0.737. The van der Waals surface area contributed by atoms with Crippen molar-refractivity contribution in [3.8, 4) is 0 Å². The quantitative estimate of drug-likeness (QED) is 0.496. The summed E-state index contributed by atoms with van der Waals surface area (Å²) in [6, 6.07) is 0. The minimum atomic E-state index is 0.0715. The Morgan fingerprint density at radius 1 is 1.50 bits per heavy atom. The van der Waals surface area contributed by atoms with Crippen molar-refractivity contribution in [2.45, 2.75) is 13.3 Å². The number of rotatable bonds is 4. The molecule has 0 amide bonds. The first-order valence-electron chi connectivity index (χ1n) is 3.78. The van der Waals surface area contributed by atoms with Crippen LogP contribution in [0, 0.1) is 0 Å². The summed E-state index contributed by atoms with van der Waals surface area (Å²) in [5, 5.41) is 8.72. The molecule has 0 fully saturated rings. The van der Waals surface area contributed by atoms with Gasteiger partial charge in [-0.05, 0) is 37.3 Å². The molecule has 0 saturated heterocycles. The second-order valence-corrected chi connectivity index (χ2v) is 2.32. The summed E-state index contributed by atoms with van der Waals surface area (Å²) < 4.78 is 0. The summed E-state index contributed by atoms with van der Waals surface area (Å²) in [6.07, 6.45) is 9.44. The van der Waals surface area contributed by atoms with E-state index in [1.165, 1.54) is 6.20 Å². The molecule has 0 atom stereocenters. The van der Waals surface area contributed by atoms with Crippen molar-refractivity contribution in [3.05, 3.63) is 48.4 Å². The molecule has 0 aromatic rings. The van der Waals surface area contributed by atoms with Crippen molar-refractivity contribution < 1.29 is 5.11 Å². The van der Waals surface area contributed by atoms with Crippen molar-refractivity contribution in [2.75, 3.05) is 0 Å². The van der Waals surface area contributed by atoms with Crippen molar-refractivity contribution in [1.82, 2.24) is 0 Å². The maximum atomic E-state index is 8.72. The van der Waals surface area contributed by atoms with Crippen molar-refractivity contribution in [3.63, 3.8) is 0 Å². The van der Waals surface area contributed by atoms with E-state index in [4.69, 9.17) is 10.8 Å². The molecule has 0 spiro atoms. The van der Waals surface area contributed by atoms with Gasteiger partial charge in [-0.15, -0.1) is 0 Å². The smallest absolute Gasteiger partial charge is 0.108 e. The predicted molar refractivity (Wildman–Crippen MR) is 52.6 cm³/mol. The molecule has 2 nitrogen and oxygen atoms in total. The molecular weight excluding hydrogens is 150 g/mol. The predicted octanol–water partition coefficient (Wildman–Crippen LogP) is 2.42. The highest BCUT2D eigenvalue weighted by atomic mass is 16.3. The van der Waals surface area contributed by atoms with Crippen LogP contribution in [0.25, 0.3) is 0 Å². The maximum absolute atomic E-state index is 8.72. The Hall–Kier alpha value is -1.44. The van der Waals surface area contributed by atoms with Gasteiger partial charge in [0.2, 0.25) is 0 Å². The second kappa shape index (κ2) is 6.28. The highest BCUT2D eigenvalue weighted by Crippen LogP contribution is 2.04. The van der Waals surface area contributed by atoms with E-state index in [2.05, 4.69) is 6.58 Å². The Morgan fingerprint density at radius 2 is 2.17 bits per heavy atom. The molecule has 0 aromatic heterocycles. The van der Waals surface area contributed by atoms with Crippen LogP contribution in [0.3, 0.4) is 0 Å². The Bertz CT molecular complexity index is 224. The summed E-state index contributed by atoms with van der Waals surface area (Å²) in [7, 11) is 0. The second-order valence-electron chi connectivity index (χ2n) is 2.32. The lowest BCUT2D eigenvalue weighted by Gasteiger charge is -1.93. The Kier molecular flexibility index (Phi) is 5.53. The third-order valence-electron chi connectivity index (χ3n) is 1.34. The van der Waals surface area contributed by atoms with E-state index in [9.17, 15) is 0 Å². The maximum Gasteiger partial charge on any atom is 0.108 e. The molecule has 0 unspecified atom stereocenters. The topological polar surface area (TPSA) is 46.2 Å². The van der Waals surface area contributed by atoms with Gasteiger partial charge >= 0.3 is 0 Å². The van der Waals surface area contributed by atoms with Crippen LogP contribution in [0.1, 0.15) is 13.3 Å². The number of aliphatic hydroxyl groups excluding tert-OH is 1. The lowest BCUT2D eigenvalue weighted by atomic mass is 10.1. The zero-order valence-electron chi connectivity index (χ0n) is 7.33. The lowest BCUT2D eigenvalue weighted by molar-refractivity contribution is 0.435. The van der Waals surface area contributed by atoms with Crippen LogP contribution in [-0.4, -0.2) is 5.11 Å². The third-order valence-corrected chi connectivity index (χ3v) is 1.34. The molecular formula is C10H15NO. The average molecular weight is 165 g/mol. The standard InChI is InChI=1S/C10H15NO/c1-3-10(7-8-11)6-4-5-9(2)12/h3-5,7-8,12H,2,6,11H2,1H3/b5-4-,8-7+,10-3+. The van der Waals surface area contributed by atoms with Crippen molar-refractivity contribution in [2.24, 2.45) is 5.73 Å². The van der Waals surface area contributed by atoms with E-state index in [-0.39, 0.29) is 5.76 Å². The van der Waals surface area contributed by atoms with Gasteiger partial charge in [0, 0.05) is 0 Å². The summed E-state index contributed by atoms with van der Waals surface area (Å²) >= 11 is 0. The summed E-state index contributed by atoms with van der Waals surface area (Å²) in [5.41, 5.74) is 6.33. The van der Waals surface area contributed by atoms with Crippen LogP contribution in [0.5, 0.6) is 0 Å². The van der Waals surface area contributed by atoms with Crippen LogP contribution in [0.15, 0.2) is 48.4 Å². The molecule has 0 rings (SSSR count). The molecule has 3 N–H and O–H groups in total. The highest BCUT2D eigenvalue weighted by molar-refractivity contribution is 5.21. The SMILES string of the molecule is C=C(O)/C=C\CC(/C=C/N)=C\C. The van der Waals surface area contributed by atoms with E-state index in [0.717, 1.165) is 12.0 Å². The number of aliphatic hydroxyl groups is 1. The first-order chi connectivity index (χ1) is 5.70. The van der Waals surface area contributed by atoms with Gasteiger partial charge in [-0.1, -0.05) is 18.7 Å². The fraction of sp³-hybridized carbons (Fsp3) is 0.200. The number of hydrogen-bond donors (Lipinski definition) is 2. The number of allylic oxidation sites excluding steroid dienone is 5. The molecule has 0 saturated carbocycles. The minimum absolute atomic E-state index is 0.0715. The van der Waals surface area contributed by atoms with E-state index in [1.54, 1.807) is 6.08 Å². The molecule has 66 valence electrons. The van der Waals surface area contributed by atoms with Crippen molar-refractivity contribution >= 4 is 0 Å². The van der Waals surface area contributed by atoms with Crippen LogP contribution >= 0.6 is 0 Å². The van der Waals surface area contributed by atoms with Crippen LogP contribution < -0.4 is 5.73 Å². The fourth-order valence-electron chi connectivity index (χ4n) is 0.737. The van der Waals surface area contributed by atoms with Gasteiger partial charge in [-0.25, -0.2) is 0 Å². The van der Waals surface area contributed by atoms with Gasteiger partial charge in [-0.2, -0.15) is 0 Å². The van der Waals surface area contributed by atoms with E-state index < -0.39 is 0 Å². The molecule has 0 aliphatic rings.